The molecular formula is C17H28Cl2N2O3. The quantitative estimate of drug-likeness (QED) is 0.760. The lowest BCUT2D eigenvalue weighted by Crippen LogP contribution is -2.55. The van der Waals surface area contributed by atoms with Gasteiger partial charge in [0, 0.05) is 19.1 Å². The van der Waals surface area contributed by atoms with E-state index < -0.39 is 0 Å². The molecule has 0 amide bonds. The fourth-order valence-electron chi connectivity index (χ4n) is 3.54. The van der Waals surface area contributed by atoms with Crippen LogP contribution in [0.2, 0.25) is 0 Å². The minimum absolute atomic E-state index is 0. The molecule has 0 radical (unpaired) electrons. The Bertz CT molecular complexity index is 497. The normalized spacial score (nSPS) is 24.7. The third kappa shape index (κ3) is 5.14. The molecule has 24 heavy (non-hydrogen) atoms. The summed E-state index contributed by atoms with van der Waals surface area (Å²) in [6, 6.07) is 6.60. The number of nitrogens with zero attached hydrogens (tertiary/aromatic N) is 1. The lowest BCUT2D eigenvalue weighted by atomic mass is 9.84. The number of aliphatic hydroxyl groups excluding tert-OH is 1. The topological polar surface area (TPSA) is 54.0 Å². The van der Waals surface area contributed by atoms with Gasteiger partial charge in [-0.05, 0) is 49.5 Å². The monoisotopic (exact) mass is 378 g/mol. The van der Waals surface area contributed by atoms with Gasteiger partial charge in [-0.1, -0.05) is 6.07 Å². The summed E-state index contributed by atoms with van der Waals surface area (Å²) in [7, 11) is 1.64. The summed E-state index contributed by atoms with van der Waals surface area (Å²) >= 11 is 0. The fourth-order valence-corrected chi connectivity index (χ4v) is 3.54. The van der Waals surface area contributed by atoms with Crippen molar-refractivity contribution in [1.29, 1.82) is 0 Å². The van der Waals surface area contributed by atoms with Gasteiger partial charge in [-0.3, -0.25) is 0 Å². The van der Waals surface area contributed by atoms with Crippen LogP contribution >= 0.6 is 24.8 Å². The molecule has 3 aliphatic heterocycles. The van der Waals surface area contributed by atoms with E-state index in [-0.39, 0.29) is 38.0 Å². The first-order chi connectivity index (χ1) is 10.8. The Balaban J connectivity index is 0.00000144. The van der Waals surface area contributed by atoms with Crippen LogP contribution in [0.4, 0.5) is 0 Å². The maximum atomic E-state index is 8.85. The zero-order valence-electron chi connectivity index (χ0n) is 14.1. The maximum absolute atomic E-state index is 8.85. The SMILES string of the molecule is COc1cc(CNC2CN3CCC2CC3)ccc1OCCO.Cl.Cl. The molecule has 3 heterocycles. The van der Waals surface area contributed by atoms with Crippen molar-refractivity contribution in [3.8, 4) is 11.5 Å². The van der Waals surface area contributed by atoms with Gasteiger partial charge in [0.2, 0.25) is 0 Å². The number of halogens is 2. The zero-order valence-corrected chi connectivity index (χ0v) is 15.7. The molecule has 138 valence electrons. The Hall–Kier alpha value is -0.720. The van der Waals surface area contributed by atoms with E-state index in [4.69, 9.17) is 14.6 Å². The van der Waals surface area contributed by atoms with Crippen LogP contribution in [0.1, 0.15) is 18.4 Å². The third-order valence-corrected chi connectivity index (χ3v) is 4.80. The first-order valence-electron chi connectivity index (χ1n) is 8.16. The number of ether oxygens (including phenoxy) is 2. The smallest absolute Gasteiger partial charge is 0.161 e. The summed E-state index contributed by atoms with van der Waals surface area (Å²) in [5.74, 6) is 2.24. The predicted octanol–water partition coefficient (Wildman–Crippen LogP) is 2.09. The standard InChI is InChI=1S/C17H26N2O3.2ClH/c1-21-17-10-13(2-3-16(17)22-9-8-20)11-18-15-12-19-6-4-14(15)5-7-19;;/h2-3,10,14-15,18,20H,4-9,11-12H2,1H3;2*1H. The van der Waals surface area contributed by atoms with E-state index in [9.17, 15) is 0 Å². The highest BCUT2D eigenvalue weighted by Crippen LogP contribution is 2.30. The summed E-state index contributed by atoms with van der Waals surface area (Å²) in [6.45, 7) is 4.87. The fraction of sp³-hybridized carbons (Fsp3) is 0.647. The molecule has 3 saturated heterocycles. The van der Waals surface area contributed by atoms with Gasteiger partial charge in [0.25, 0.3) is 0 Å². The Kier molecular flexibility index (Phi) is 9.16. The summed E-state index contributed by atoms with van der Waals surface area (Å²) in [5.41, 5.74) is 1.20. The van der Waals surface area contributed by atoms with Crippen molar-refractivity contribution in [3.05, 3.63) is 23.8 Å². The first-order valence-corrected chi connectivity index (χ1v) is 8.16. The average Bonchev–Trinajstić information content (AvgIpc) is 2.59. The summed E-state index contributed by atoms with van der Waals surface area (Å²) in [6.07, 6.45) is 2.66. The highest BCUT2D eigenvalue weighted by molar-refractivity contribution is 5.85. The highest BCUT2D eigenvalue weighted by Gasteiger charge is 2.33. The third-order valence-electron chi connectivity index (χ3n) is 4.80. The second-order valence-corrected chi connectivity index (χ2v) is 6.18. The highest BCUT2D eigenvalue weighted by atomic mass is 35.5. The van der Waals surface area contributed by atoms with Crippen molar-refractivity contribution < 1.29 is 14.6 Å². The summed E-state index contributed by atoms with van der Waals surface area (Å²) < 4.78 is 10.8. The lowest BCUT2D eigenvalue weighted by Gasteiger charge is -2.45. The average molecular weight is 379 g/mol. The van der Waals surface area contributed by atoms with Gasteiger partial charge in [0.15, 0.2) is 11.5 Å². The van der Waals surface area contributed by atoms with Gasteiger partial charge in [-0.2, -0.15) is 0 Å². The van der Waals surface area contributed by atoms with Crippen LogP contribution in [0.3, 0.4) is 0 Å². The van der Waals surface area contributed by atoms with Crippen LogP contribution in [0, 0.1) is 5.92 Å². The van der Waals surface area contributed by atoms with Crippen molar-refractivity contribution in [1.82, 2.24) is 10.2 Å². The van der Waals surface area contributed by atoms with Crippen molar-refractivity contribution in [3.63, 3.8) is 0 Å². The van der Waals surface area contributed by atoms with Gasteiger partial charge in [-0.25, -0.2) is 0 Å². The number of piperidine rings is 3. The molecular weight excluding hydrogens is 351 g/mol. The molecule has 4 rings (SSSR count). The van der Waals surface area contributed by atoms with E-state index in [1.807, 2.05) is 12.1 Å². The summed E-state index contributed by atoms with van der Waals surface area (Å²) in [5, 5.41) is 12.6. The van der Waals surface area contributed by atoms with Crippen molar-refractivity contribution in [2.75, 3.05) is 40.0 Å². The number of methoxy groups -OCH3 is 1. The Labute approximate surface area is 156 Å². The van der Waals surface area contributed by atoms with Gasteiger partial charge in [0.05, 0.1) is 13.7 Å². The lowest BCUT2D eigenvalue weighted by molar-refractivity contribution is 0.0720. The largest absolute Gasteiger partial charge is 0.493 e. The van der Waals surface area contributed by atoms with E-state index in [2.05, 4.69) is 16.3 Å². The van der Waals surface area contributed by atoms with Crippen LogP contribution in [-0.2, 0) is 6.54 Å². The molecule has 7 heteroatoms. The minimum Gasteiger partial charge on any atom is -0.493 e. The molecule has 0 aliphatic carbocycles. The maximum Gasteiger partial charge on any atom is 0.161 e. The molecule has 1 atom stereocenters. The molecule has 0 spiro atoms. The molecule has 0 aromatic heterocycles. The van der Waals surface area contributed by atoms with E-state index >= 15 is 0 Å². The second-order valence-electron chi connectivity index (χ2n) is 6.18. The Morgan fingerprint density at radius 2 is 1.96 bits per heavy atom. The number of nitrogens with one attached hydrogen (secondary N) is 1. The summed E-state index contributed by atoms with van der Waals surface area (Å²) in [4.78, 5) is 2.56. The first kappa shape index (κ1) is 21.3. The molecule has 0 saturated carbocycles. The minimum atomic E-state index is 0. The van der Waals surface area contributed by atoms with Crippen molar-refractivity contribution >= 4 is 24.8 Å². The molecule has 5 nitrogen and oxygen atoms in total. The molecule has 1 unspecified atom stereocenters. The number of rotatable bonds is 7. The number of aliphatic hydroxyl groups is 1. The van der Waals surface area contributed by atoms with Crippen LogP contribution in [-0.4, -0.2) is 56.0 Å². The van der Waals surface area contributed by atoms with E-state index in [1.54, 1.807) is 7.11 Å². The molecule has 1 aromatic rings. The zero-order chi connectivity index (χ0) is 15.4. The Morgan fingerprint density at radius 1 is 1.21 bits per heavy atom. The molecule has 3 aliphatic rings. The van der Waals surface area contributed by atoms with Crippen LogP contribution in [0.15, 0.2) is 18.2 Å². The van der Waals surface area contributed by atoms with Crippen LogP contribution in [0.5, 0.6) is 11.5 Å². The number of hydrogen-bond donors (Lipinski definition) is 2. The molecule has 1 aromatic carbocycles. The van der Waals surface area contributed by atoms with Crippen molar-refractivity contribution in [2.24, 2.45) is 5.92 Å². The van der Waals surface area contributed by atoms with E-state index in [1.165, 1.54) is 38.0 Å². The van der Waals surface area contributed by atoms with Gasteiger partial charge in [-0.15, -0.1) is 24.8 Å². The van der Waals surface area contributed by atoms with Gasteiger partial charge in [0.1, 0.15) is 6.61 Å². The second kappa shape index (κ2) is 10.3. The number of fused-ring (bicyclic) bond motifs is 3. The molecule has 2 bridgehead atoms. The predicted molar refractivity (Wildman–Crippen MR) is 99.9 cm³/mol. The number of hydrogen-bond acceptors (Lipinski definition) is 5. The van der Waals surface area contributed by atoms with E-state index in [0.29, 0.717) is 11.8 Å². The van der Waals surface area contributed by atoms with Gasteiger partial charge < -0.3 is 24.8 Å². The van der Waals surface area contributed by atoms with Gasteiger partial charge >= 0.3 is 0 Å². The van der Waals surface area contributed by atoms with Crippen molar-refractivity contribution in [2.45, 2.75) is 25.4 Å². The van der Waals surface area contributed by atoms with E-state index in [0.717, 1.165) is 18.2 Å². The number of benzene rings is 1. The van der Waals surface area contributed by atoms with Crippen LogP contribution in [0.25, 0.3) is 0 Å². The van der Waals surface area contributed by atoms with Crippen LogP contribution < -0.4 is 14.8 Å². The molecule has 3 fully saturated rings. The molecule has 2 N–H and O–H groups in total. The Morgan fingerprint density at radius 3 is 2.54 bits per heavy atom.